The predicted molar refractivity (Wildman–Crippen MR) is 97.5 cm³/mol. The van der Waals surface area contributed by atoms with Gasteiger partial charge in [0.1, 0.15) is 5.75 Å². The Morgan fingerprint density at radius 1 is 0.846 bits per heavy atom. The number of nitro groups is 1. The fourth-order valence-electron chi connectivity index (χ4n) is 2.44. The zero-order chi connectivity index (χ0) is 18.7. The Morgan fingerprint density at radius 2 is 1.38 bits per heavy atom. The van der Waals surface area contributed by atoms with Gasteiger partial charge in [0.05, 0.1) is 4.92 Å². The quantitative estimate of drug-likeness (QED) is 0.379. The van der Waals surface area contributed by atoms with Crippen molar-refractivity contribution in [1.82, 2.24) is 0 Å². The van der Waals surface area contributed by atoms with Crippen LogP contribution in [0, 0.1) is 17.0 Å². The molecule has 132 valence electrons. The van der Waals surface area contributed by atoms with Gasteiger partial charge >= 0.3 is 10.1 Å². The Kier molecular flexibility index (Phi) is 4.73. The van der Waals surface area contributed by atoms with Gasteiger partial charge in [-0.1, -0.05) is 54.1 Å². The van der Waals surface area contributed by atoms with Gasteiger partial charge in [0.15, 0.2) is 4.90 Å². The summed E-state index contributed by atoms with van der Waals surface area (Å²) in [4.78, 5) is 9.80. The zero-order valence-corrected chi connectivity index (χ0v) is 14.6. The van der Waals surface area contributed by atoms with Crippen molar-refractivity contribution in [1.29, 1.82) is 0 Å². The van der Waals surface area contributed by atoms with E-state index in [-0.39, 0.29) is 5.75 Å². The van der Waals surface area contributed by atoms with E-state index in [0.717, 1.165) is 28.8 Å². The van der Waals surface area contributed by atoms with Crippen molar-refractivity contribution in [3.8, 4) is 16.9 Å². The van der Waals surface area contributed by atoms with E-state index >= 15 is 0 Å². The first kappa shape index (κ1) is 17.6. The first-order valence-electron chi connectivity index (χ1n) is 7.72. The number of nitrogens with zero attached hydrogens (tertiary/aromatic N) is 1. The van der Waals surface area contributed by atoms with Gasteiger partial charge in [0, 0.05) is 6.07 Å². The van der Waals surface area contributed by atoms with Crippen molar-refractivity contribution in [3.63, 3.8) is 0 Å². The SMILES string of the molecule is Cc1ccc(-c2ccc(OS(=O)(=O)c3ccccc3[N+](=O)[O-])cc2)cc1. The molecule has 6 nitrogen and oxygen atoms in total. The molecule has 3 aromatic carbocycles. The summed E-state index contributed by atoms with van der Waals surface area (Å²) in [6.07, 6.45) is 0. The Bertz CT molecular complexity index is 1040. The van der Waals surface area contributed by atoms with Gasteiger partial charge < -0.3 is 4.18 Å². The molecular formula is C19H15NO5S. The Hall–Kier alpha value is -3.19. The summed E-state index contributed by atoms with van der Waals surface area (Å²) in [5.74, 6) is 0.0824. The molecule has 0 aromatic heterocycles. The maximum atomic E-state index is 12.4. The second kappa shape index (κ2) is 6.97. The first-order chi connectivity index (χ1) is 12.4. The third-order valence-corrected chi connectivity index (χ3v) is 5.07. The van der Waals surface area contributed by atoms with Crippen LogP contribution in [0.4, 0.5) is 5.69 Å². The summed E-state index contributed by atoms with van der Waals surface area (Å²) in [5.41, 5.74) is 2.51. The Morgan fingerprint density at radius 3 is 1.96 bits per heavy atom. The Balaban J connectivity index is 1.87. The molecule has 0 aliphatic heterocycles. The minimum atomic E-state index is -4.31. The minimum Gasteiger partial charge on any atom is -0.379 e. The van der Waals surface area contributed by atoms with E-state index in [1.165, 1.54) is 24.3 Å². The topological polar surface area (TPSA) is 86.5 Å². The molecule has 0 amide bonds. The van der Waals surface area contributed by atoms with Crippen LogP contribution in [-0.2, 0) is 10.1 Å². The van der Waals surface area contributed by atoms with E-state index in [2.05, 4.69) is 0 Å². The van der Waals surface area contributed by atoms with Gasteiger partial charge in [-0.25, -0.2) is 0 Å². The predicted octanol–water partition coefficient (Wildman–Crippen LogP) is 4.34. The lowest BCUT2D eigenvalue weighted by Crippen LogP contribution is -2.11. The highest BCUT2D eigenvalue weighted by molar-refractivity contribution is 7.87. The normalized spacial score (nSPS) is 11.1. The highest BCUT2D eigenvalue weighted by Crippen LogP contribution is 2.28. The number of para-hydroxylation sites is 1. The lowest BCUT2D eigenvalue weighted by atomic mass is 10.0. The van der Waals surface area contributed by atoms with Crippen molar-refractivity contribution in [2.24, 2.45) is 0 Å². The summed E-state index contributed by atoms with van der Waals surface area (Å²) >= 11 is 0. The molecule has 0 unspecified atom stereocenters. The molecule has 0 spiro atoms. The molecule has 0 N–H and O–H groups in total. The van der Waals surface area contributed by atoms with Crippen molar-refractivity contribution >= 4 is 15.8 Å². The first-order valence-corrected chi connectivity index (χ1v) is 9.13. The minimum absolute atomic E-state index is 0.0824. The van der Waals surface area contributed by atoms with Crippen molar-refractivity contribution in [2.75, 3.05) is 0 Å². The third kappa shape index (κ3) is 3.73. The third-order valence-electron chi connectivity index (χ3n) is 3.78. The van der Waals surface area contributed by atoms with Crippen molar-refractivity contribution in [3.05, 3.63) is 88.5 Å². The van der Waals surface area contributed by atoms with E-state index in [4.69, 9.17) is 4.18 Å². The number of benzene rings is 3. The molecule has 0 fully saturated rings. The summed E-state index contributed by atoms with van der Waals surface area (Å²) in [6, 6.07) is 19.5. The molecule has 26 heavy (non-hydrogen) atoms. The van der Waals surface area contributed by atoms with Gasteiger partial charge in [0.25, 0.3) is 5.69 Å². The van der Waals surface area contributed by atoms with Gasteiger partial charge in [0.2, 0.25) is 0 Å². The van der Waals surface area contributed by atoms with Crippen molar-refractivity contribution in [2.45, 2.75) is 11.8 Å². The maximum absolute atomic E-state index is 12.4. The lowest BCUT2D eigenvalue weighted by molar-refractivity contribution is -0.387. The average Bonchev–Trinajstić information content (AvgIpc) is 2.63. The number of rotatable bonds is 5. The van der Waals surface area contributed by atoms with E-state index in [1.54, 1.807) is 12.1 Å². The maximum Gasteiger partial charge on any atom is 0.346 e. The van der Waals surface area contributed by atoms with Crippen LogP contribution in [0.5, 0.6) is 5.75 Å². The number of nitro benzene ring substituents is 1. The average molecular weight is 369 g/mol. The second-order valence-electron chi connectivity index (χ2n) is 5.65. The monoisotopic (exact) mass is 369 g/mol. The highest BCUT2D eigenvalue weighted by Gasteiger charge is 2.27. The summed E-state index contributed by atoms with van der Waals surface area (Å²) < 4.78 is 29.8. The molecule has 0 heterocycles. The standard InChI is InChI=1S/C19H15NO5S/c1-14-6-8-15(9-7-14)16-10-12-17(13-11-16)25-26(23,24)19-5-3-2-4-18(19)20(21)22/h2-13H,1H3. The van der Waals surface area contributed by atoms with Gasteiger partial charge in [-0.2, -0.15) is 8.42 Å². The van der Waals surface area contributed by atoms with Crippen LogP contribution in [0.15, 0.2) is 77.7 Å². The van der Waals surface area contributed by atoms with Crippen LogP contribution in [-0.4, -0.2) is 13.3 Å². The van der Waals surface area contributed by atoms with Crippen LogP contribution in [0.3, 0.4) is 0 Å². The summed E-state index contributed by atoms with van der Waals surface area (Å²) in [5, 5.41) is 11.0. The molecule has 0 saturated heterocycles. The molecule has 0 bridgehead atoms. The lowest BCUT2D eigenvalue weighted by Gasteiger charge is -2.08. The van der Waals surface area contributed by atoms with Gasteiger partial charge in [-0.05, 0) is 36.2 Å². The van der Waals surface area contributed by atoms with Gasteiger partial charge in [-0.15, -0.1) is 0 Å². The molecule has 0 radical (unpaired) electrons. The molecule has 3 aromatic rings. The smallest absolute Gasteiger partial charge is 0.346 e. The van der Waals surface area contributed by atoms with Crippen LogP contribution >= 0.6 is 0 Å². The number of hydrogen-bond acceptors (Lipinski definition) is 5. The van der Waals surface area contributed by atoms with Crippen LogP contribution < -0.4 is 4.18 Å². The molecule has 0 saturated carbocycles. The molecule has 0 aliphatic carbocycles. The fourth-order valence-corrected chi connectivity index (χ4v) is 3.54. The molecule has 3 rings (SSSR count). The number of aryl methyl sites for hydroxylation is 1. The highest BCUT2D eigenvalue weighted by atomic mass is 32.2. The van der Waals surface area contributed by atoms with E-state index < -0.39 is 25.6 Å². The summed E-state index contributed by atoms with van der Waals surface area (Å²) in [7, 11) is -4.31. The van der Waals surface area contributed by atoms with Crippen LogP contribution in [0.2, 0.25) is 0 Å². The van der Waals surface area contributed by atoms with Gasteiger partial charge in [-0.3, -0.25) is 10.1 Å². The zero-order valence-electron chi connectivity index (χ0n) is 13.8. The second-order valence-corrected chi connectivity index (χ2v) is 7.17. The van der Waals surface area contributed by atoms with E-state index in [9.17, 15) is 18.5 Å². The molecular weight excluding hydrogens is 354 g/mol. The summed E-state index contributed by atoms with van der Waals surface area (Å²) in [6.45, 7) is 1.99. The molecule has 0 atom stereocenters. The number of hydrogen-bond donors (Lipinski definition) is 0. The van der Waals surface area contributed by atoms with E-state index in [1.807, 2.05) is 31.2 Å². The fraction of sp³-hybridized carbons (Fsp3) is 0.0526. The van der Waals surface area contributed by atoms with Crippen LogP contribution in [0.1, 0.15) is 5.56 Å². The molecule has 7 heteroatoms. The molecule has 0 aliphatic rings. The largest absolute Gasteiger partial charge is 0.379 e. The Labute approximate surface area is 151 Å². The van der Waals surface area contributed by atoms with Crippen LogP contribution in [0.25, 0.3) is 11.1 Å². The van der Waals surface area contributed by atoms with E-state index in [0.29, 0.717) is 0 Å². The van der Waals surface area contributed by atoms with Crippen molar-refractivity contribution < 1.29 is 17.5 Å².